The molecule has 0 spiro atoms. The molecule has 24 heavy (non-hydrogen) atoms. The van der Waals surface area contributed by atoms with Crippen molar-refractivity contribution in [3.05, 3.63) is 16.0 Å². The summed E-state index contributed by atoms with van der Waals surface area (Å²) < 4.78 is 0. The summed E-state index contributed by atoms with van der Waals surface area (Å²) in [5.41, 5.74) is 6.48. The van der Waals surface area contributed by atoms with Gasteiger partial charge in [-0.05, 0) is 55.9 Å². The molecule has 1 aromatic heterocycles. The number of hydrogen-bond donors (Lipinski definition) is 2. The molecular formula is C18H21N3O2S. The third kappa shape index (κ3) is 2.42. The van der Waals surface area contributed by atoms with Crippen LogP contribution in [0.5, 0.6) is 0 Å². The first kappa shape index (κ1) is 15.6. The summed E-state index contributed by atoms with van der Waals surface area (Å²) in [7, 11) is 0. The van der Waals surface area contributed by atoms with Gasteiger partial charge in [0, 0.05) is 6.04 Å². The number of thiophene rings is 1. The van der Waals surface area contributed by atoms with Gasteiger partial charge in [-0.3, -0.25) is 9.59 Å². The zero-order chi connectivity index (χ0) is 17.1. The summed E-state index contributed by atoms with van der Waals surface area (Å²) in [5.74, 6) is -0.291. The highest BCUT2D eigenvalue weighted by atomic mass is 32.1. The number of nitrogens with two attached hydrogens (primary N) is 1. The molecule has 1 unspecified atom stereocenters. The van der Waals surface area contributed by atoms with Crippen molar-refractivity contribution < 1.29 is 9.59 Å². The number of nitrogens with zero attached hydrogens (tertiary/aromatic N) is 1. The molecule has 6 heteroatoms. The maximum Gasteiger partial charge on any atom is 0.254 e. The number of carbonyl (C=O) groups is 2. The standard InChI is InChI=1S/C18H21N3O2S/c1-17(6-7-17)8-18(9-19)5-4-11-12(16(23)21-10-2-3-10)15(20)24-13(11)14(18)22/h10H,2-8,20H2,1H3,(H,21,23). The van der Waals surface area contributed by atoms with Crippen molar-refractivity contribution in [2.45, 2.75) is 57.9 Å². The highest BCUT2D eigenvalue weighted by Gasteiger charge is 2.52. The number of nitrogen functional groups attached to an aromatic ring is 1. The number of rotatable bonds is 4. The molecule has 0 saturated heterocycles. The SMILES string of the molecule is CC1(CC2(C#N)CCc3c(sc(N)c3C(=O)NC3CC3)C2=O)CC1. The minimum absolute atomic E-state index is 0.123. The van der Waals surface area contributed by atoms with Gasteiger partial charge in [0.1, 0.15) is 5.41 Å². The summed E-state index contributed by atoms with van der Waals surface area (Å²) in [6.07, 6.45) is 5.86. The van der Waals surface area contributed by atoms with Crippen molar-refractivity contribution in [1.82, 2.24) is 5.32 Å². The van der Waals surface area contributed by atoms with Crippen LogP contribution in [0, 0.1) is 22.2 Å². The monoisotopic (exact) mass is 343 g/mol. The highest BCUT2D eigenvalue weighted by Crippen LogP contribution is 2.56. The Bertz CT molecular complexity index is 783. The van der Waals surface area contributed by atoms with Crippen LogP contribution >= 0.6 is 11.3 Å². The third-order valence-electron chi connectivity index (χ3n) is 5.66. The zero-order valence-electron chi connectivity index (χ0n) is 13.8. The smallest absolute Gasteiger partial charge is 0.254 e. The van der Waals surface area contributed by atoms with Crippen LogP contribution in [0.4, 0.5) is 5.00 Å². The van der Waals surface area contributed by atoms with Gasteiger partial charge in [-0.1, -0.05) is 6.92 Å². The fraction of sp³-hybridized carbons (Fsp3) is 0.611. The van der Waals surface area contributed by atoms with Crippen LogP contribution in [0.25, 0.3) is 0 Å². The largest absolute Gasteiger partial charge is 0.390 e. The maximum atomic E-state index is 13.1. The van der Waals surface area contributed by atoms with Crippen molar-refractivity contribution in [2.75, 3.05) is 5.73 Å². The van der Waals surface area contributed by atoms with Gasteiger partial charge in [-0.25, -0.2) is 0 Å². The minimum Gasteiger partial charge on any atom is -0.390 e. The van der Waals surface area contributed by atoms with E-state index in [0.29, 0.717) is 34.7 Å². The van der Waals surface area contributed by atoms with Gasteiger partial charge < -0.3 is 11.1 Å². The number of fused-ring (bicyclic) bond motifs is 1. The second-order valence-electron chi connectivity index (χ2n) is 7.91. The van der Waals surface area contributed by atoms with E-state index in [1.165, 1.54) is 11.3 Å². The molecule has 3 aliphatic carbocycles. The van der Waals surface area contributed by atoms with Crippen molar-refractivity contribution >= 4 is 28.0 Å². The van der Waals surface area contributed by atoms with E-state index < -0.39 is 5.41 Å². The molecule has 1 aromatic rings. The van der Waals surface area contributed by atoms with Crippen LogP contribution in [0.1, 0.15) is 71.0 Å². The van der Waals surface area contributed by atoms with E-state index in [0.717, 1.165) is 31.2 Å². The number of hydrogen-bond acceptors (Lipinski definition) is 5. The zero-order valence-corrected chi connectivity index (χ0v) is 14.6. The quantitative estimate of drug-likeness (QED) is 0.878. The van der Waals surface area contributed by atoms with E-state index >= 15 is 0 Å². The molecule has 0 bridgehead atoms. The number of Topliss-reactive ketones (excluding diaryl/α,β-unsaturated/α-hetero) is 1. The Kier molecular flexibility index (Phi) is 3.30. The van der Waals surface area contributed by atoms with Crippen molar-refractivity contribution in [3.63, 3.8) is 0 Å². The second-order valence-corrected chi connectivity index (χ2v) is 8.96. The van der Waals surface area contributed by atoms with Crippen molar-refractivity contribution in [2.24, 2.45) is 10.8 Å². The number of nitrogens with one attached hydrogen (secondary N) is 1. The molecule has 0 aliphatic heterocycles. The molecule has 5 nitrogen and oxygen atoms in total. The average molecular weight is 343 g/mol. The molecule has 1 heterocycles. The predicted molar refractivity (Wildman–Crippen MR) is 91.9 cm³/mol. The topological polar surface area (TPSA) is 96.0 Å². The summed E-state index contributed by atoms with van der Waals surface area (Å²) in [5, 5.41) is 13.1. The lowest BCUT2D eigenvalue weighted by Crippen LogP contribution is -2.37. The van der Waals surface area contributed by atoms with E-state index in [1.807, 2.05) is 0 Å². The van der Waals surface area contributed by atoms with Crippen LogP contribution < -0.4 is 11.1 Å². The van der Waals surface area contributed by atoms with Crippen LogP contribution in [-0.2, 0) is 6.42 Å². The minimum atomic E-state index is -0.945. The van der Waals surface area contributed by atoms with Gasteiger partial charge in [-0.15, -0.1) is 11.3 Å². The molecular weight excluding hydrogens is 322 g/mol. The van der Waals surface area contributed by atoms with Crippen molar-refractivity contribution in [3.8, 4) is 6.07 Å². The lowest BCUT2D eigenvalue weighted by atomic mass is 9.68. The number of ketones is 1. The number of nitriles is 1. The van der Waals surface area contributed by atoms with Gasteiger partial charge in [-0.2, -0.15) is 5.26 Å². The van der Waals surface area contributed by atoms with Crippen LogP contribution in [0.3, 0.4) is 0 Å². The highest BCUT2D eigenvalue weighted by molar-refractivity contribution is 7.18. The Labute approximate surface area is 145 Å². The summed E-state index contributed by atoms with van der Waals surface area (Å²) in [6, 6.07) is 2.57. The molecule has 3 N–H and O–H groups in total. The maximum absolute atomic E-state index is 13.1. The summed E-state index contributed by atoms with van der Waals surface area (Å²) in [4.78, 5) is 26.1. The van der Waals surface area contributed by atoms with Crippen LogP contribution in [-0.4, -0.2) is 17.7 Å². The Hall–Kier alpha value is -1.87. The molecule has 126 valence electrons. The molecule has 3 aliphatic rings. The lowest BCUT2D eigenvalue weighted by Gasteiger charge is -2.31. The van der Waals surface area contributed by atoms with E-state index in [-0.39, 0.29) is 23.1 Å². The Morgan fingerprint density at radius 3 is 2.71 bits per heavy atom. The normalized spacial score (nSPS) is 27.2. The lowest BCUT2D eigenvalue weighted by molar-refractivity contribution is 0.0799. The first-order valence-corrected chi connectivity index (χ1v) is 9.37. The first-order valence-electron chi connectivity index (χ1n) is 8.56. The third-order valence-corrected chi connectivity index (χ3v) is 6.72. The summed E-state index contributed by atoms with van der Waals surface area (Å²) in [6.45, 7) is 2.15. The average Bonchev–Trinajstić information content (AvgIpc) is 3.45. The number of anilines is 1. The van der Waals surface area contributed by atoms with Gasteiger partial charge in [0.25, 0.3) is 5.91 Å². The fourth-order valence-electron chi connectivity index (χ4n) is 3.74. The predicted octanol–water partition coefficient (Wildman–Crippen LogP) is 3.05. The van der Waals surface area contributed by atoms with E-state index in [4.69, 9.17) is 5.73 Å². The number of amides is 1. The Morgan fingerprint density at radius 1 is 1.42 bits per heavy atom. The van der Waals surface area contributed by atoms with Crippen LogP contribution in [0.15, 0.2) is 0 Å². The molecule has 0 radical (unpaired) electrons. The summed E-state index contributed by atoms with van der Waals surface area (Å²) >= 11 is 1.18. The Balaban J connectivity index is 1.68. The number of carbonyl (C=O) groups excluding carboxylic acids is 2. The fourth-order valence-corrected chi connectivity index (χ4v) is 4.90. The van der Waals surface area contributed by atoms with E-state index in [1.54, 1.807) is 0 Å². The molecule has 1 amide bonds. The first-order chi connectivity index (χ1) is 11.4. The van der Waals surface area contributed by atoms with Gasteiger partial charge in [0.05, 0.1) is 21.5 Å². The molecule has 0 aromatic carbocycles. The van der Waals surface area contributed by atoms with E-state index in [9.17, 15) is 14.9 Å². The Morgan fingerprint density at radius 2 is 2.12 bits per heavy atom. The molecule has 4 rings (SSSR count). The molecule has 1 atom stereocenters. The molecule has 2 fully saturated rings. The van der Waals surface area contributed by atoms with Gasteiger partial charge in [0.15, 0.2) is 5.78 Å². The second kappa shape index (κ2) is 5.06. The van der Waals surface area contributed by atoms with E-state index in [2.05, 4.69) is 18.3 Å². The van der Waals surface area contributed by atoms with Gasteiger partial charge in [0.2, 0.25) is 0 Å². The van der Waals surface area contributed by atoms with Gasteiger partial charge >= 0.3 is 0 Å². The molecule has 2 saturated carbocycles. The van der Waals surface area contributed by atoms with Crippen LogP contribution in [0.2, 0.25) is 0 Å². The van der Waals surface area contributed by atoms with Crippen molar-refractivity contribution in [1.29, 1.82) is 5.26 Å².